The lowest BCUT2D eigenvalue weighted by Gasteiger charge is -2.37. The summed E-state index contributed by atoms with van der Waals surface area (Å²) in [4.78, 5) is 28.7. The van der Waals surface area contributed by atoms with Gasteiger partial charge in [0.1, 0.15) is 11.6 Å². The molecular formula is C26H26FN3O4. The van der Waals surface area contributed by atoms with E-state index in [2.05, 4.69) is 15.1 Å². The lowest BCUT2D eigenvalue weighted by Crippen LogP contribution is -2.46. The lowest BCUT2D eigenvalue weighted by molar-refractivity contribution is -0.115. The van der Waals surface area contributed by atoms with E-state index in [1.165, 1.54) is 12.1 Å². The number of benzene rings is 3. The monoisotopic (exact) mass is 463 g/mol. The van der Waals surface area contributed by atoms with E-state index in [1.54, 1.807) is 55.6 Å². The van der Waals surface area contributed by atoms with Gasteiger partial charge < -0.3 is 25.0 Å². The molecule has 2 N–H and O–H groups in total. The van der Waals surface area contributed by atoms with E-state index in [-0.39, 0.29) is 29.4 Å². The summed E-state index contributed by atoms with van der Waals surface area (Å²) in [6.45, 7) is 2.85. The Hall–Kier alpha value is -4.07. The zero-order valence-corrected chi connectivity index (χ0v) is 18.8. The second-order valence-corrected chi connectivity index (χ2v) is 8.06. The molecule has 0 aromatic heterocycles. The first-order valence-electron chi connectivity index (χ1n) is 11.0. The number of carboxylic acid groups (broad SMARTS) is 1. The number of aromatic carboxylic acids is 1. The Morgan fingerprint density at radius 2 is 1.50 bits per heavy atom. The van der Waals surface area contributed by atoms with E-state index < -0.39 is 5.97 Å². The highest BCUT2D eigenvalue weighted by Gasteiger charge is 2.20. The summed E-state index contributed by atoms with van der Waals surface area (Å²) in [7, 11) is 1.57. The predicted molar refractivity (Wildman–Crippen MR) is 130 cm³/mol. The van der Waals surface area contributed by atoms with E-state index in [9.17, 15) is 19.1 Å². The van der Waals surface area contributed by atoms with Gasteiger partial charge in [0.25, 0.3) is 0 Å². The maximum Gasteiger partial charge on any atom is 0.337 e. The van der Waals surface area contributed by atoms with Crippen LogP contribution in [0.5, 0.6) is 5.75 Å². The molecule has 1 fully saturated rings. The first-order valence-corrected chi connectivity index (χ1v) is 11.0. The number of hydrogen-bond donors (Lipinski definition) is 2. The fourth-order valence-corrected chi connectivity index (χ4v) is 4.01. The number of methoxy groups -OCH3 is 1. The summed E-state index contributed by atoms with van der Waals surface area (Å²) >= 11 is 0. The molecule has 3 aromatic carbocycles. The molecule has 1 heterocycles. The van der Waals surface area contributed by atoms with Crippen molar-refractivity contribution in [3.05, 3.63) is 83.7 Å². The number of amides is 1. The lowest BCUT2D eigenvalue weighted by atomic mass is 10.1. The number of nitrogens with one attached hydrogen (secondary N) is 1. The summed E-state index contributed by atoms with van der Waals surface area (Å²) in [6.07, 6.45) is 0.121. The molecule has 7 nitrogen and oxygen atoms in total. The fraction of sp³-hybridized carbons (Fsp3) is 0.231. The molecule has 0 saturated carbocycles. The van der Waals surface area contributed by atoms with Gasteiger partial charge in [0.05, 0.1) is 24.8 Å². The Bertz CT molecular complexity index is 1160. The number of rotatable bonds is 7. The highest BCUT2D eigenvalue weighted by atomic mass is 19.1. The van der Waals surface area contributed by atoms with E-state index in [4.69, 9.17) is 4.74 Å². The molecule has 0 spiro atoms. The number of nitrogens with zero attached hydrogens (tertiary/aromatic N) is 2. The highest BCUT2D eigenvalue weighted by Crippen LogP contribution is 2.26. The van der Waals surface area contributed by atoms with Gasteiger partial charge >= 0.3 is 5.97 Å². The van der Waals surface area contributed by atoms with Crippen LogP contribution in [0.4, 0.5) is 21.5 Å². The van der Waals surface area contributed by atoms with Gasteiger partial charge in [0.15, 0.2) is 0 Å². The largest absolute Gasteiger partial charge is 0.497 e. The Labute approximate surface area is 197 Å². The first kappa shape index (κ1) is 23.1. The average molecular weight is 464 g/mol. The number of anilines is 3. The second-order valence-electron chi connectivity index (χ2n) is 8.06. The summed E-state index contributed by atoms with van der Waals surface area (Å²) in [5.41, 5.74) is 2.85. The number of carbonyl (C=O) groups excluding carboxylic acids is 1. The molecule has 1 aliphatic rings. The smallest absolute Gasteiger partial charge is 0.337 e. The van der Waals surface area contributed by atoms with Crippen LogP contribution in [0.1, 0.15) is 15.9 Å². The van der Waals surface area contributed by atoms with Crippen LogP contribution in [-0.2, 0) is 11.2 Å². The van der Waals surface area contributed by atoms with Gasteiger partial charge in [-0.25, -0.2) is 9.18 Å². The Balaban J connectivity index is 1.41. The van der Waals surface area contributed by atoms with Crippen molar-refractivity contribution in [1.29, 1.82) is 0 Å². The first-order chi connectivity index (χ1) is 16.4. The Morgan fingerprint density at radius 1 is 0.912 bits per heavy atom. The summed E-state index contributed by atoms with van der Waals surface area (Å²) in [5, 5.41) is 12.5. The minimum absolute atomic E-state index is 0.0431. The van der Waals surface area contributed by atoms with Crippen molar-refractivity contribution < 1.29 is 23.8 Å². The highest BCUT2D eigenvalue weighted by molar-refractivity contribution is 6.01. The van der Waals surface area contributed by atoms with E-state index in [1.807, 2.05) is 6.07 Å². The average Bonchev–Trinajstić information content (AvgIpc) is 2.85. The maximum atomic E-state index is 13.2. The third kappa shape index (κ3) is 5.46. The van der Waals surface area contributed by atoms with Gasteiger partial charge in [-0.3, -0.25) is 4.79 Å². The summed E-state index contributed by atoms with van der Waals surface area (Å²) in [6, 6.07) is 18.6. The van der Waals surface area contributed by atoms with E-state index in [0.717, 1.165) is 30.0 Å². The molecule has 0 radical (unpaired) electrons. The quantitative estimate of drug-likeness (QED) is 0.551. The molecule has 1 aliphatic heterocycles. The van der Waals surface area contributed by atoms with E-state index in [0.29, 0.717) is 18.8 Å². The number of ether oxygens (including phenoxy) is 1. The van der Waals surface area contributed by atoms with Crippen molar-refractivity contribution in [3.63, 3.8) is 0 Å². The maximum absolute atomic E-state index is 13.2. The van der Waals surface area contributed by atoms with Gasteiger partial charge in [-0.05, 0) is 60.2 Å². The number of piperazine rings is 1. The molecule has 0 aliphatic carbocycles. The molecule has 176 valence electrons. The molecule has 0 bridgehead atoms. The van der Waals surface area contributed by atoms with Crippen LogP contribution in [-0.4, -0.2) is 50.3 Å². The third-order valence-corrected chi connectivity index (χ3v) is 5.87. The van der Waals surface area contributed by atoms with Crippen LogP contribution in [0.3, 0.4) is 0 Å². The van der Waals surface area contributed by atoms with Crippen molar-refractivity contribution >= 4 is 28.9 Å². The minimum Gasteiger partial charge on any atom is -0.497 e. The Kier molecular flexibility index (Phi) is 6.96. The molecule has 34 heavy (non-hydrogen) atoms. The van der Waals surface area contributed by atoms with Crippen LogP contribution < -0.4 is 19.9 Å². The topological polar surface area (TPSA) is 82.1 Å². The molecule has 4 rings (SSSR count). The summed E-state index contributed by atoms with van der Waals surface area (Å²) < 4.78 is 18.3. The molecule has 1 saturated heterocycles. The van der Waals surface area contributed by atoms with Crippen molar-refractivity contribution in [1.82, 2.24) is 0 Å². The van der Waals surface area contributed by atoms with Crippen molar-refractivity contribution in [2.24, 2.45) is 0 Å². The second kappa shape index (κ2) is 10.2. The van der Waals surface area contributed by atoms with Gasteiger partial charge in [-0.15, -0.1) is 0 Å². The SMILES string of the molecule is COc1ccc(CC(=O)Nc2ccc(N3CCN(c4ccc(F)cc4)CC3)cc2C(=O)O)cc1. The number of carboxylic acids is 1. The van der Waals surface area contributed by atoms with Crippen LogP contribution in [0, 0.1) is 5.82 Å². The molecule has 3 aromatic rings. The predicted octanol–water partition coefficient (Wildman–Crippen LogP) is 4.04. The van der Waals surface area contributed by atoms with Crippen LogP contribution in [0.15, 0.2) is 66.7 Å². The standard InChI is InChI=1S/C26H26FN3O4/c1-34-22-9-2-18(3-10-22)16-25(31)28-24-11-8-21(17-23(24)26(32)33)30-14-12-29(13-15-30)20-6-4-19(27)5-7-20/h2-11,17H,12-16H2,1H3,(H,28,31)(H,32,33). The van der Waals surface area contributed by atoms with Crippen LogP contribution >= 0.6 is 0 Å². The van der Waals surface area contributed by atoms with Gasteiger partial charge in [0.2, 0.25) is 5.91 Å². The number of halogens is 1. The molecule has 0 atom stereocenters. The van der Waals surface area contributed by atoms with Crippen LogP contribution in [0.2, 0.25) is 0 Å². The van der Waals surface area contributed by atoms with Crippen molar-refractivity contribution in [3.8, 4) is 5.75 Å². The zero-order chi connectivity index (χ0) is 24.1. The van der Waals surface area contributed by atoms with Crippen molar-refractivity contribution in [2.75, 3.05) is 48.4 Å². The molecule has 1 amide bonds. The summed E-state index contributed by atoms with van der Waals surface area (Å²) in [5.74, 6) is -0.967. The Morgan fingerprint density at radius 3 is 2.09 bits per heavy atom. The van der Waals surface area contributed by atoms with Crippen LogP contribution in [0.25, 0.3) is 0 Å². The number of hydrogen-bond acceptors (Lipinski definition) is 5. The third-order valence-electron chi connectivity index (χ3n) is 5.87. The fourth-order valence-electron chi connectivity index (χ4n) is 4.01. The number of carbonyl (C=O) groups is 2. The van der Waals surface area contributed by atoms with Gasteiger partial charge in [0, 0.05) is 37.6 Å². The zero-order valence-electron chi connectivity index (χ0n) is 18.8. The molecule has 8 heteroatoms. The van der Waals surface area contributed by atoms with Crippen molar-refractivity contribution in [2.45, 2.75) is 6.42 Å². The van der Waals surface area contributed by atoms with Gasteiger partial charge in [-0.2, -0.15) is 0 Å². The van der Waals surface area contributed by atoms with Gasteiger partial charge in [-0.1, -0.05) is 12.1 Å². The molecular weight excluding hydrogens is 437 g/mol. The molecule has 0 unspecified atom stereocenters. The minimum atomic E-state index is -1.11. The normalized spacial score (nSPS) is 13.5. The van der Waals surface area contributed by atoms with E-state index >= 15 is 0 Å².